The molecule has 0 atom stereocenters. The number of hydrogen-bond donors (Lipinski definition) is 0. The number of fused-ring (bicyclic) bond motifs is 1. The fourth-order valence-corrected chi connectivity index (χ4v) is 3.68. The van der Waals surface area contributed by atoms with E-state index in [1.54, 1.807) is 16.2 Å². The summed E-state index contributed by atoms with van der Waals surface area (Å²) in [6.07, 6.45) is 0. The van der Waals surface area contributed by atoms with Crippen LogP contribution in [0.4, 0.5) is 5.69 Å². The molecular weight excluding hydrogens is 360 g/mol. The van der Waals surface area contributed by atoms with Crippen molar-refractivity contribution in [3.63, 3.8) is 0 Å². The van der Waals surface area contributed by atoms with Gasteiger partial charge in [0.05, 0.1) is 22.9 Å². The monoisotopic (exact) mass is 380 g/mol. The lowest BCUT2D eigenvalue weighted by molar-refractivity contribution is -0.121. The van der Waals surface area contributed by atoms with Crippen LogP contribution in [0.15, 0.2) is 47.8 Å². The summed E-state index contributed by atoms with van der Waals surface area (Å²) in [6, 6.07) is 13.7. The molecule has 138 valence electrons. The van der Waals surface area contributed by atoms with Crippen LogP contribution in [-0.4, -0.2) is 30.6 Å². The van der Waals surface area contributed by atoms with Crippen molar-refractivity contribution < 1.29 is 14.3 Å². The van der Waals surface area contributed by atoms with E-state index in [-0.39, 0.29) is 12.5 Å². The van der Waals surface area contributed by atoms with Crippen LogP contribution in [0.3, 0.4) is 0 Å². The highest BCUT2D eigenvalue weighted by molar-refractivity contribution is 7.09. The maximum atomic E-state index is 12.4. The predicted molar refractivity (Wildman–Crippen MR) is 107 cm³/mol. The molecular formula is C21H20N2O3S. The van der Waals surface area contributed by atoms with Gasteiger partial charge in [0.25, 0.3) is 5.91 Å². The highest BCUT2D eigenvalue weighted by Gasteiger charge is 2.26. The van der Waals surface area contributed by atoms with Crippen LogP contribution in [0.25, 0.3) is 11.3 Å². The highest BCUT2D eigenvalue weighted by Crippen LogP contribution is 2.36. The molecule has 27 heavy (non-hydrogen) atoms. The van der Waals surface area contributed by atoms with Crippen molar-refractivity contribution in [2.45, 2.75) is 13.8 Å². The summed E-state index contributed by atoms with van der Waals surface area (Å²) in [4.78, 5) is 18.7. The third kappa shape index (κ3) is 3.80. The number of rotatable bonds is 5. The third-order valence-electron chi connectivity index (χ3n) is 4.39. The highest BCUT2D eigenvalue weighted by atomic mass is 32.1. The molecule has 6 heteroatoms. The Kier molecular flexibility index (Phi) is 4.81. The number of hydrogen-bond acceptors (Lipinski definition) is 5. The zero-order chi connectivity index (χ0) is 18.8. The maximum Gasteiger partial charge on any atom is 0.265 e. The quantitative estimate of drug-likeness (QED) is 0.665. The van der Waals surface area contributed by atoms with Crippen molar-refractivity contribution in [2.24, 2.45) is 0 Å². The third-order valence-corrected chi connectivity index (χ3v) is 5.16. The number of carbonyl (C=O) groups is 1. The number of amides is 1. The van der Waals surface area contributed by atoms with E-state index < -0.39 is 0 Å². The molecule has 0 radical (unpaired) electrons. The van der Waals surface area contributed by atoms with Crippen molar-refractivity contribution in [1.29, 1.82) is 0 Å². The number of ether oxygens (including phenoxy) is 2. The number of aryl methyl sites for hydroxylation is 2. The molecule has 1 aliphatic rings. The number of thiazole rings is 1. The Balaban J connectivity index is 1.54. The first kappa shape index (κ1) is 17.5. The normalized spacial score (nSPS) is 13.3. The molecule has 0 bridgehead atoms. The molecule has 2 aromatic carbocycles. The zero-order valence-electron chi connectivity index (χ0n) is 15.3. The lowest BCUT2D eigenvalue weighted by atomic mass is 10.1. The molecule has 3 aromatic rings. The molecule has 0 aliphatic carbocycles. The minimum Gasteiger partial charge on any atom is -0.492 e. The Hall–Kier alpha value is -2.86. The second-order valence-electron chi connectivity index (χ2n) is 6.43. The Labute approximate surface area is 162 Å². The van der Waals surface area contributed by atoms with Crippen LogP contribution in [-0.2, 0) is 4.79 Å². The smallest absolute Gasteiger partial charge is 0.265 e. The Morgan fingerprint density at radius 3 is 2.89 bits per heavy atom. The molecule has 0 saturated carbocycles. The van der Waals surface area contributed by atoms with Crippen LogP contribution in [0.5, 0.6) is 11.5 Å². The molecule has 1 aromatic heterocycles. The molecule has 1 aliphatic heterocycles. The lowest BCUT2D eigenvalue weighted by Gasteiger charge is -2.29. The predicted octanol–water partition coefficient (Wildman–Crippen LogP) is 4.23. The Bertz CT molecular complexity index is 983. The van der Waals surface area contributed by atoms with E-state index in [0.717, 1.165) is 33.3 Å². The second kappa shape index (κ2) is 7.40. The first-order valence-electron chi connectivity index (χ1n) is 8.79. The van der Waals surface area contributed by atoms with E-state index in [9.17, 15) is 4.79 Å². The van der Waals surface area contributed by atoms with Gasteiger partial charge in [0.1, 0.15) is 18.1 Å². The van der Waals surface area contributed by atoms with Crippen molar-refractivity contribution in [2.75, 3.05) is 24.7 Å². The van der Waals surface area contributed by atoms with Crippen LogP contribution in [0.2, 0.25) is 0 Å². The average Bonchev–Trinajstić information content (AvgIpc) is 3.10. The first-order valence-corrected chi connectivity index (χ1v) is 9.67. The van der Waals surface area contributed by atoms with Gasteiger partial charge >= 0.3 is 0 Å². The van der Waals surface area contributed by atoms with Gasteiger partial charge in [-0.1, -0.05) is 12.1 Å². The number of benzene rings is 2. The Morgan fingerprint density at radius 1 is 1.22 bits per heavy atom. The van der Waals surface area contributed by atoms with Gasteiger partial charge in [0.2, 0.25) is 0 Å². The van der Waals surface area contributed by atoms with Crippen LogP contribution in [0, 0.1) is 13.8 Å². The molecule has 0 unspecified atom stereocenters. The standard InChI is InChI=1S/C21H20N2O3S/c1-14-4-3-5-17(10-14)25-9-8-23-19-11-16(18-13-27-15(2)22-18)6-7-20(19)26-12-21(23)24/h3-7,10-11,13H,8-9,12H2,1-2H3. The molecule has 0 fully saturated rings. The first-order chi connectivity index (χ1) is 13.1. The average molecular weight is 380 g/mol. The van der Waals surface area contributed by atoms with E-state index >= 15 is 0 Å². The van der Waals surface area contributed by atoms with Crippen molar-refractivity contribution in [3.05, 3.63) is 58.4 Å². The van der Waals surface area contributed by atoms with Gasteiger partial charge in [-0.05, 0) is 49.7 Å². The summed E-state index contributed by atoms with van der Waals surface area (Å²) >= 11 is 1.61. The number of aromatic nitrogens is 1. The minimum absolute atomic E-state index is 0.0482. The topological polar surface area (TPSA) is 51.7 Å². The van der Waals surface area contributed by atoms with E-state index in [4.69, 9.17) is 9.47 Å². The fraction of sp³-hybridized carbons (Fsp3) is 0.238. The molecule has 0 N–H and O–H groups in total. The summed E-state index contributed by atoms with van der Waals surface area (Å²) in [5.41, 5.74) is 3.79. The molecule has 0 saturated heterocycles. The van der Waals surface area contributed by atoms with Crippen molar-refractivity contribution >= 4 is 22.9 Å². The van der Waals surface area contributed by atoms with E-state index in [0.29, 0.717) is 18.9 Å². The van der Waals surface area contributed by atoms with Gasteiger partial charge in [0, 0.05) is 10.9 Å². The van der Waals surface area contributed by atoms with Gasteiger partial charge in [-0.2, -0.15) is 0 Å². The largest absolute Gasteiger partial charge is 0.492 e. The van der Waals surface area contributed by atoms with E-state index in [1.807, 2.05) is 61.7 Å². The van der Waals surface area contributed by atoms with Gasteiger partial charge in [-0.15, -0.1) is 11.3 Å². The lowest BCUT2D eigenvalue weighted by Crippen LogP contribution is -2.41. The van der Waals surface area contributed by atoms with Gasteiger partial charge < -0.3 is 14.4 Å². The minimum atomic E-state index is -0.0676. The van der Waals surface area contributed by atoms with Crippen molar-refractivity contribution in [1.82, 2.24) is 4.98 Å². The van der Waals surface area contributed by atoms with Crippen molar-refractivity contribution in [3.8, 4) is 22.8 Å². The van der Waals surface area contributed by atoms with Gasteiger partial charge in [-0.3, -0.25) is 4.79 Å². The molecule has 1 amide bonds. The summed E-state index contributed by atoms with van der Waals surface area (Å²) in [6.45, 7) is 4.93. The summed E-state index contributed by atoms with van der Waals surface area (Å²) in [7, 11) is 0. The van der Waals surface area contributed by atoms with E-state index in [2.05, 4.69) is 4.98 Å². The van der Waals surface area contributed by atoms with Crippen LogP contribution < -0.4 is 14.4 Å². The molecule has 4 rings (SSSR count). The number of nitrogens with zero attached hydrogens (tertiary/aromatic N) is 2. The Morgan fingerprint density at radius 2 is 2.11 bits per heavy atom. The fourth-order valence-electron chi connectivity index (χ4n) is 3.06. The SMILES string of the molecule is Cc1cccc(OCCN2C(=O)COc3ccc(-c4csc(C)n4)cc32)c1. The second-order valence-corrected chi connectivity index (χ2v) is 7.50. The summed E-state index contributed by atoms with van der Waals surface area (Å²) < 4.78 is 11.4. The molecule has 0 spiro atoms. The van der Waals surface area contributed by atoms with E-state index in [1.165, 1.54) is 0 Å². The summed E-state index contributed by atoms with van der Waals surface area (Å²) in [5.74, 6) is 1.45. The number of anilines is 1. The van der Waals surface area contributed by atoms with Crippen LogP contribution >= 0.6 is 11.3 Å². The number of carbonyl (C=O) groups excluding carboxylic acids is 1. The van der Waals surface area contributed by atoms with Crippen LogP contribution in [0.1, 0.15) is 10.6 Å². The summed E-state index contributed by atoms with van der Waals surface area (Å²) in [5, 5.41) is 3.03. The zero-order valence-corrected chi connectivity index (χ0v) is 16.1. The van der Waals surface area contributed by atoms with Gasteiger partial charge in [-0.25, -0.2) is 4.98 Å². The maximum absolute atomic E-state index is 12.4. The molecule has 2 heterocycles. The molecule has 5 nitrogen and oxygen atoms in total. The van der Waals surface area contributed by atoms with Gasteiger partial charge in [0.15, 0.2) is 6.61 Å².